The van der Waals surface area contributed by atoms with Crippen LogP contribution < -0.4 is 15.8 Å². The van der Waals surface area contributed by atoms with Gasteiger partial charge in [-0.25, -0.2) is 0 Å². The maximum atomic E-state index is 12.6. The molecule has 1 aliphatic heterocycles. The summed E-state index contributed by atoms with van der Waals surface area (Å²) in [5, 5.41) is 5.10. The molecule has 0 bridgehead atoms. The molecule has 1 unspecified atom stereocenters. The van der Waals surface area contributed by atoms with Crippen molar-refractivity contribution in [3.63, 3.8) is 0 Å². The molecule has 1 fully saturated rings. The van der Waals surface area contributed by atoms with Crippen LogP contribution in [0.25, 0.3) is 0 Å². The number of nitrogens with zero attached hydrogens (tertiary/aromatic N) is 1. The first-order chi connectivity index (χ1) is 12.6. The smallest absolute Gasteiger partial charge is 0.255 e. The molecule has 1 saturated heterocycles. The summed E-state index contributed by atoms with van der Waals surface area (Å²) in [6.45, 7) is 2.48. The molecule has 2 heterocycles. The van der Waals surface area contributed by atoms with Gasteiger partial charge in [0.25, 0.3) is 11.8 Å². The molecule has 0 saturated carbocycles. The number of hydrogen-bond acceptors (Lipinski definition) is 5. The molecule has 0 spiro atoms. The summed E-state index contributed by atoms with van der Waals surface area (Å²) in [5.41, 5.74) is 5.58. The van der Waals surface area contributed by atoms with Crippen LogP contribution in [0.3, 0.4) is 0 Å². The fourth-order valence-corrected chi connectivity index (χ4v) is 3.98. The van der Waals surface area contributed by atoms with Crippen molar-refractivity contribution < 1.29 is 14.3 Å². The first-order valence-corrected chi connectivity index (χ1v) is 9.58. The van der Waals surface area contributed by atoms with Gasteiger partial charge in [-0.1, -0.05) is 12.1 Å². The molecule has 3 rings (SSSR count). The number of hydrogen-bond donors (Lipinski definition) is 2. The zero-order valence-corrected chi connectivity index (χ0v) is 15.3. The van der Waals surface area contributed by atoms with E-state index in [1.165, 1.54) is 17.7 Å². The Kier molecular flexibility index (Phi) is 6.25. The fraction of sp³-hybridized carbons (Fsp3) is 0.368. The minimum atomic E-state index is -0.552. The first kappa shape index (κ1) is 18.4. The molecule has 138 valence electrons. The average Bonchev–Trinajstić information content (AvgIpc) is 3.35. The second-order valence-electron chi connectivity index (χ2n) is 6.27. The molecular weight excluding hydrogens is 350 g/mol. The summed E-state index contributed by atoms with van der Waals surface area (Å²) in [6, 6.07) is 11.1. The Bertz CT molecular complexity index is 742. The van der Waals surface area contributed by atoms with E-state index >= 15 is 0 Å². The lowest BCUT2D eigenvalue weighted by molar-refractivity contribution is -0.119. The maximum absolute atomic E-state index is 12.6. The molecule has 26 heavy (non-hydrogen) atoms. The lowest BCUT2D eigenvalue weighted by Crippen LogP contribution is -2.36. The van der Waals surface area contributed by atoms with Crippen molar-refractivity contribution >= 4 is 23.2 Å². The van der Waals surface area contributed by atoms with Gasteiger partial charge in [0, 0.05) is 17.0 Å². The highest BCUT2D eigenvalue weighted by Crippen LogP contribution is 2.28. The van der Waals surface area contributed by atoms with E-state index in [9.17, 15) is 9.59 Å². The molecule has 2 aromatic rings. The highest BCUT2D eigenvalue weighted by atomic mass is 32.1. The normalized spacial score (nSPS) is 15.5. The first-order valence-electron chi connectivity index (χ1n) is 8.70. The molecular formula is C19H23N3O3S. The number of nitrogens with two attached hydrogens (primary N) is 1. The van der Waals surface area contributed by atoms with E-state index in [1.807, 2.05) is 6.07 Å². The topological polar surface area (TPSA) is 84.7 Å². The van der Waals surface area contributed by atoms with Crippen LogP contribution in [0.2, 0.25) is 0 Å². The van der Waals surface area contributed by atoms with Gasteiger partial charge >= 0.3 is 0 Å². The van der Waals surface area contributed by atoms with Crippen molar-refractivity contribution in [3.8, 4) is 5.75 Å². The van der Waals surface area contributed by atoms with Crippen molar-refractivity contribution in [2.24, 2.45) is 5.73 Å². The highest BCUT2D eigenvalue weighted by Gasteiger charge is 2.24. The summed E-state index contributed by atoms with van der Waals surface area (Å²) in [7, 11) is 0. The van der Waals surface area contributed by atoms with Gasteiger partial charge in [0.05, 0.1) is 6.04 Å². The number of primary amides is 1. The largest absolute Gasteiger partial charge is 0.484 e. The number of likely N-dealkylation sites (tertiary alicyclic amines) is 1. The molecule has 1 aromatic carbocycles. The Morgan fingerprint density at radius 3 is 2.73 bits per heavy atom. The molecule has 6 nitrogen and oxygen atoms in total. The van der Waals surface area contributed by atoms with Crippen LogP contribution in [0.1, 0.15) is 34.1 Å². The van der Waals surface area contributed by atoms with E-state index < -0.39 is 5.91 Å². The van der Waals surface area contributed by atoms with E-state index in [1.54, 1.807) is 35.6 Å². The van der Waals surface area contributed by atoms with Gasteiger partial charge in [-0.05, 0) is 55.6 Å². The monoisotopic (exact) mass is 373 g/mol. The van der Waals surface area contributed by atoms with Gasteiger partial charge < -0.3 is 15.8 Å². The number of nitrogens with one attached hydrogen (secondary N) is 1. The van der Waals surface area contributed by atoms with E-state index in [2.05, 4.69) is 21.7 Å². The number of rotatable bonds is 8. The van der Waals surface area contributed by atoms with E-state index in [-0.39, 0.29) is 18.6 Å². The summed E-state index contributed by atoms with van der Waals surface area (Å²) >= 11 is 1.72. The van der Waals surface area contributed by atoms with Crippen LogP contribution in [-0.2, 0) is 4.79 Å². The number of carbonyl (C=O) groups is 2. The quantitative estimate of drug-likeness (QED) is 0.743. The Hall–Kier alpha value is -2.38. The molecule has 0 radical (unpaired) electrons. The van der Waals surface area contributed by atoms with Crippen LogP contribution in [0, 0.1) is 0 Å². The molecule has 3 N–H and O–H groups in total. The van der Waals surface area contributed by atoms with Crippen molar-refractivity contribution in [1.82, 2.24) is 10.2 Å². The zero-order valence-electron chi connectivity index (χ0n) is 14.5. The average molecular weight is 373 g/mol. The standard InChI is InChI=1S/C19H23N3O3S/c20-18(23)13-25-15-6-3-5-14(11-15)19(24)21-12-16(17-7-4-10-26-17)22-8-1-2-9-22/h3-7,10-11,16H,1-2,8-9,12-13H2,(H2,20,23)(H,21,24). The molecule has 1 atom stereocenters. The van der Waals surface area contributed by atoms with Crippen molar-refractivity contribution in [2.45, 2.75) is 18.9 Å². The molecule has 0 aliphatic carbocycles. The molecule has 1 aliphatic rings. The van der Waals surface area contributed by atoms with Gasteiger partial charge in [-0.15, -0.1) is 11.3 Å². The van der Waals surface area contributed by atoms with Crippen molar-refractivity contribution in [1.29, 1.82) is 0 Å². The van der Waals surface area contributed by atoms with E-state index in [0.717, 1.165) is 13.1 Å². The number of ether oxygens (including phenoxy) is 1. The third-order valence-electron chi connectivity index (χ3n) is 4.39. The predicted molar refractivity (Wildman–Crippen MR) is 101 cm³/mol. The van der Waals surface area contributed by atoms with Crippen LogP contribution in [0.4, 0.5) is 0 Å². The SMILES string of the molecule is NC(=O)COc1cccc(C(=O)NCC(c2cccs2)N2CCCC2)c1. The third-order valence-corrected chi connectivity index (χ3v) is 5.36. The van der Waals surface area contributed by atoms with Crippen LogP contribution >= 0.6 is 11.3 Å². The Balaban J connectivity index is 1.63. The van der Waals surface area contributed by atoms with E-state index in [4.69, 9.17) is 10.5 Å². The lowest BCUT2D eigenvalue weighted by Gasteiger charge is -2.27. The second-order valence-corrected chi connectivity index (χ2v) is 7.25. The summed E-state index contributed by atoms with van der Waals surface area (Å²) < 4.78 is 5.26. The zero-order chi connectivity index (χ0) is 18.4. The minimum Gasteiger partial charge on any atom is -0.484 e. The van der Waals surface area contributed by atoms with Crippen molar-refractivity contribution in [2.75, 3.05) is 26.2 Å². The second kappa shape index (κ2) is 8.82. The van der Waals surface area contributed by atoms with Crippen molar-refractivity contribution in [3.05, 3.63) is 52.2 Å². The Labute approximate surface area is 156 Å². The number of carbonyl (C=O) groups excluding carboxylic acids is 2. The van der Waals surface area contributed by atoms with Gasteiger partial charge in [0.2, 0.25) is 0 Å². The third kappa shape index (κ3) is 4.83. The molecule has 1 aromatic heterocycles. The number of amides is 2. The van der Waals surface area contributed by atoms with Crippen LogP contribution in [0.5, 0.6) is 5.75 Å². The summed E-state index contributed by atoms with van der Waals surface area (Å²) in [5.74, 6) is -0.259. The maximum Gasteiger partial charge on any atom is 0.255 e. The number of benzene rings is 1. The lowest BCUT2D eigenvalue weighted by atomic mass is 10.1. The number of thiophene rings is 1. The Morgan fingerprint density at radius 2 is 2.04 bits per heavy atom. The van der Waals surface area contributed by atoms with Crippen LogP contribution in [0.15, 0.2) is 41.8 Å². The van der Waals surface area contributed by atoms with Crippen LogP contribution in [-0.4, -0.2) is 43.0 Å². The van der Waals surface area contributed by atoms with Gasteiger partial charge in [-0.2, -0.15) is 0 Å². The summed E-state index contributed by atoms with van der Waals surface area (Å²) in [6.07, 6.45) is 2.41. The van der Waals surface area contributed by atoms with Gasteiger partial charge in [-0.3, -0.25) is 14.5 Å². The fourth-order valence-electron chi connectivity index (χ4n) is 3.12. The Morgan fingerprint density at radius 1 is 1.23 bits per heavy atom. The molecule has 7 heteroatoms. The predicted octanol–water partition coefficient (Wildman–Crippen LogP) is 2.18. The van der Waals surface area contributed by atoms with Gasteiger partial charge in [0.1, 0.15) is 5.75 Å². The van der Waals surface area contributed by atoms with Gasteiger partial charge in [0.15, 0.2) is 6.61 Å². The van der Waals surface area contributed by atoms with E-state index in [0.29, 0.717) is 17.9 Å². The summed E-state index contributed by atoms with van der Waals surface area (Å²) in [4.78, 5) is 27.1. The molecule has 2 amide bonds. The highest BCUT2D eigenvalue weighted by molar-refractivity contribution is 7.10. The minimum absolute atomic E-state index is 0.157.